The standard InChI is InChI=1S/C22H29ClF3N5O/c1-4-30(5-2)12-6-11-27-21(32)19-18(23)20-28-16(15-9-7-14(3)8-10-15)13-17(22(24,25)26)31(20)29-19/h7-10,16-17,28H,4-6,11-13H2,1-3H3,(H,27,32)/p+1/t16-,17-/m1/s1. The Labute approximate surface area is 191 Å². The lowest BCUT2D eigenvalue weighted by molar-refractivity contribution is -0.896. The van der Waals surface area contributed by atoms with E-state index in [0.717, 1.165) is 41.9 Å². The minimum Gasteiger partial charge on any atom is -0.362 e. The lowest BCUT2D eigenvalue weighted by atomic mass is 9.96. The van der Waals surface area contributed by atoms with Crippen molar-refractivity contribution in [2.45, 2.75) is 51.9 Å². The second-order valence-electron chi connectivity index (χ2n) is 8.17. The van der Waals surface area contributed by atoms with Crippen molar-refractivity contribution in [1.29, 1.82) is 0 Å². The molecule has 0 unspecified atom stereocenters. The van der Waals surface area contributed by atoms with Gasteiger partial charge >= 0.3 is 6.18 Å². The number of amides is 1. The molecule has 32 heavy (non-hydrogen) atoms. The van der Waals surface area contributed by atoms with Crippen molar-refractivity contribution in [2.75, 3.05) is 31.5 Å². The van der Waals surface area contributed by atoms with Gasteiger partial charge in [-0.05, 0) is 26.3 Å². The van der Waals surface area contributed by atoms with Crippen LogP contribution in [0.15, 0.2) is 24.3 Å². The zero-order valence-electron chi connectivity index (χ0n) is 18.5. The van der Waals surface area contributed by atoms with Crippen LogP contribution < -0.4 is 15.5 Å². The van der Waals surface area contributed by atoms with Gasteiger partial charge in [-0.1, -0.05) is 41.4 Å². The molecule has 1 aromatic carbocycles. The Hall–Kier alpha value is -2.26. The smallest absolute Gasteiger partial charge is 0.362 e. The van der Waals surface area contributed by atoms with Gasteiger partial charge in [0.2, 0.25) is 0 Å². The number of benzene rings is 1. The predicted octanol–water partition coefficient (Wildman–Crippen LogP) is 3.55. The third kappa shape index (κ3) is 5.38. The number of nitrogens with one attached hydrogen (secondary N) is 3. The molecule has 1 aromatic heterocycles. The molecule has 0 aliphatic carbocycles. The van der Waals surface area contributed by atoms with Gasteiger partial charge in [0.05, 0.1) is 25.7 Å². The van der Waals surface area contributed by atoms with Gasteiger partial charge in [-0.25, -0.2) is 4.68 Å². The minimum atomic E-state index is -4.53. The lowest BCUT2D eigenvalue weighted by Crippen LogP contribution is -3.11. The molecular weight excluding hydrogens is 443 g/mol. The summed E-state index contributed by atoms with van der Waals surface area (Å²) in [6, 6.07) is 4.82. The average molecular weight is 473 g/mol. The Morgan fingerprint density at radius 3 is 2.53 bits per heavy atom. The maximum absolute atomic E-state index is 13.9. The van der Waals surface area contributed by atoms with E-state index in [1.54, 1.807) is 12.1 Å². The van der Waals surface area contributed by atoms with Gasteiger partial charge in [-0.15, -0.1) is 0 Å². The Balaban J connectivity index is 1.80. The van der Waals surface area contributed by atoms with Gasteiger partial charge in [0, 0.05) is 19.4 Å². The molecule has 6 nitrogen and oxygen atoms in total. The van der Waals surface area contributed by atoms with E-state index in [4.69, 9.17) is 11.6 Å². The molecule has 176 valence electrons. The molecule has 2 atom stereocenters. The maximum Gasteiger partial charge on any atom is 0.410 e. The Morgan fingerprint density at radius 2 is 1.94 bits per heavy atom. The van der Waals surface area contributed by atoms with E-state index in [2.05, 4.69) is 29.6 Å². The van der Waals surface area contributed by atoms with Gasteiger partial charge in [0.25, 0.3) is 5.91 Å². The maximum atomic E-state index is 13.9. The molecule has 2 heterocycles. The van der Waals surface area contributed by atoms with Crippen molar-refractivity contribution in [2.24, 2.45) is 0 Å². The molecule has 0 bridgehead atoms. The summed E-state index contributed by atoms with van der Waals surface area (Å²) in [6.45, 7) is 9.41. The summed E-state index contributed by atoms with van der Waals surface area (Å²) < 4.78 is 42.4. The highest BCUT2D eigenvalue weighted by atomic mass is 35.5. The largest absolute Gasteiger partial charge is 0.410 e. The van der Waals surface area contributed by atoms with Gasteiger partial charge in [-0.2, -0.15) is 18.3 Å². The Bertz CT molecular complexity index is 925. The van der Waals surface area contributed by atoms with Gasteiger partial charge in [0.1, 0.15) is 10.8 Å². The first kappa shape index (κ1) is 24.4. The number of aromatic nitrogens is 2. The molecule has 10 heteroatoms. The fourth-order valence-electron chi connectivity index (χ4n) is 3.98. The van der Waals surface area contributed by atoms with Crippen LogP contribution in [0.25, 0.3) is 0 Å². The summed E-state index contributed by atoms with van der Waals surface area (Å²) in [5.74, 6) is -0.551. The highest BCUT2D eigenvalue weighted by Crippen LogP contribution is 2.46. The zero-order chi connectivity index (χ0) is 23.5. The van der Waals surface area contributed by atoms with E-state index in [9.17, 15) is 18.0 Å². The van der Waals surface area contributed by atoms with Crippen molar-refractivity contribution < 1.29 is 22.9 Å². The topological polar surface area (TPSA) is 63.4 Å². The summed E-state index contributed by atoms with van der Waals surface area (Å²) in [5, 5.41) is 9.67. The Kier molecular flexibility index (Phi) is 7.71. The highest BCUT2D eigenvalue weighted by molar-refractivity contribution is 6.36. The number of hydrogen-bond donors (Lipinski definition) is 3. The first-order valence-electron chi connectivity index (χ1n) is 10.9. The molecule has 3 rings (SSSR count). The first-order chi connectivity index (χ1) is 15.2. The van der Waals surface area contributed by atoms with E-state index in [1.165, 1.54) is 4.90 Å². The quantitative estimate of drug-likeness (QED) is 0.515. The van der Waals surface area contributed by atoms with Gasteiger partial charge in [-0.3, -0.25) is 4.79 Å². The third-order valence-corrected chi connectivity index (χ3v) is 6.34. The summed E-state index contributed by atoms with van der Waals surface area (Å²) in [7, 11) is 0. The van der Waals surface area contributed by atoms with Gasteiger partial charge in [0.15, 0.2) is 11.7 Å². The first-order valence-corrected chi connectivity index (χ1v) is 11.3. The SMILES string of the molecule is CC[NH+](CC)CCCNC(=O)c1nn2c(c1Cl)N[C@@H](c1ccc(C)cc1)C[C@@H]2C(F)(F)F. The third-order valence-electron chi connectivity index (χ3n) is 5.98. The number of quaternary nitrogens is 1. The van der Waals surface area contributed by atoms with Crippen molar-refractivity contribution in [3.63, 3.8) is 0 Å². The normalized spacial score (nSPS) is 18.4. The van der Waals surface area contributed by atoms with Crippen LogP contribution in [0.4, 0.5) is 19.0 Å². The van der Waals surface area contributed by atoms with Crippen LogP contribution in [0.1, 0.15) is 60.4 Å². The number of carbonyl (C=O) groups excluding carboxylic acids is 1. The second-order valence-corrected chi connectivity index (χ2v) is 8.55. The molecule has 1 aliphatic rings. The fraction of sp³-hybridized carbons (Fsp3) is 0.545. The van der Waals surface area contributed by atoms with Crippen LogP contribution in [0.5, 0.6) is 0 Å². The molecule has 0 fully saturated rings. The van der Waals surface area contributed by atoms with E-state index in [0.29, 0.717) is 6.54 Å². The number of fused-ring (bicyclic) bond motifs is 1. The fourth-order valence-corrected chi connectivity index (χ4v) is 4.24. The zero-order valence-corrected chi connectivity index (χ0v) is 19.3. The molecule has 0 saturated heterocycles. The number of rotatable bonds is 8. The predicted molar refractivity (Wildman–Crippen MR) is 118 cm³/mol. The van der Waals surface area contributed by atoms with Crippen molar-refractivity contribution >= 4 is 23.3 Å². The van der Waals surface area contributed by atoms with Gasteiger partial charge < -0.3 is 15.5 Å². The van der Waals surface area contributed by atoms with Crippen molar-refractivity contribution in [1.82, 2.24) is 15.1 Å². The van der Waals surface area contributed by atoms with Crippen molar-refractivity contribution in [3.05, 3.63) is 46.1 Å². The number of hydrogen-bond acceptors (Lipinski definition) is 3. The molecule has 2 aromatic rings. The summed E-state index contributed by atoms with van der Waals surface area (Å²) in [6.07, 6.45) is -4.02. The number of nitrogens with zero attached hydrogens (tertiary/aromatic N) is 2. The van der Waals surface area contributed by atoms with Crippen LogP contribution in [-0.4, -0.2) is 48.0 Å². The van der Waals surface area contributed by atoms with Crippen molar-refractivity contribution in [3.8, 4) is 0 Å². The summed E-state index contributed by atoms with van der Waals surface area (Å²) in [4.78, 5) is 14.0. The van der Waals surface area contributed by atoms with Crippen LogP contribution in [0.2, 0.25) is 5.02 Å². The molecule has 3 N–H and O–H groups in total. The van der Waals surface area contributed by atoms with Crippen LogP contribution in [0.3, 0.4) is 0 Å². The van der Waals surface area contributed by atoms with Crippen LogP contribution in [-0.2, 0) is 0 Å². The summed E-state index contributed by atoms with van der Waals surface area (Å²) >= 11 is 6.36. The molecule has 1 amide bonds. The number of carbonyl (C=O) groups is 1. The number of halogens is 4. The summed E-state index contributed by atoms with van der Waals surface area (Å²) in [5.41, 5.74) is 1.54. The Morgan fingerprint density at radius 1 is 1.28 bits per heavy atom. The second kappa shape index (κ2) is 10.1. The number of anilines is 1. The van der Waals surface area contributed by atoms with E-state index in [-0.39, 0.29) is 23.0 Å². The van der Waals surface area contributed by atoms with E-state index < -0.39 is 24.2 Å². The molecular formula is C22H30ClF3N5O+. The lowest BCUT2D eigenvalue weighted by Gasteiger charge is -2.33. The minimum absolute atomic E-state index is 0.0172. The number of aryl methyl sites for hydroxylation is 1. The average Bonchev–Trinajstić information content (AvgIpc) is 3.09. The molecule has 0 saturated carbocycles. The van der Waals surface area contributed by atoms with E-state index in [1.807, 2.05) is 19.1 Å². The monoisotopic (exact) mass is 472 g/mol. The molecule has 0 spiro atoms. The van der Waals surface area contributed by atoms with Crippen LogP contribution >= 0.6 is 11.6 Å². The number of alkyl halides is 3. The van der Waals surface area contributed by atoms with E-state index >= 15 is 0 Å². The highest BCUT2D eigenvalue weighted by Gasteiger charge is 2.47. The van der Waals surface area contributed by atoms with Crippen LogP contribution in [0, 0.1) is 6.92 Å². The molecule has 0 radical (unpaired) electrons. The molecule has 1 aliphatic heterocycles.